The van der Waals surface area contributed by atoms with Crippen LogP contribution in [0.5, 0.6) is 0 Å². The molecule has 0 radical (unpaired) electrons. The molecular weight excluding hydrogens is 216 g/mol. The first kappa shape index (κ1) is 10.3. The molecule has 0 aromatic carbocycles. The molecule has 0 saturated carbocycles. The largest absolute Gasteiger partial charge is 0.506 e. The molecular formula is C13H14N2O2. The second-order valence-electron chi connectivity index (χ2n) is 4.61. The number of fused-ring (bicyclic) bond motifs is 2. The van der Waals surface area contributed by atoms with Crippen LogP contribution in [-0.2, 0) is 4.79 Å². The first-order valence-corrected chi connectivity index (χ1v) is 5.87. The van der Waals surface area contributed by atoms with E-state index < -0.39 is 0 Å². The molecule has 0 atom stereocenters. The molecule has 1 fully saturated rings. The Balaban J connectivity index is 2.11. The highest BCUT2D eigenvalue weighted by Crippen LogP contribution is 2.30. The first-order chi connectivity index (χ1) is 8.18. The van der Waals surface area contributed by atoms with Gasteiger partial charge in [-0.05, 0) is 31.8 Å². The minimum atomic E-state index is -0.0240. The number of aliphatic hydroxyl groups excluding tert-OH is 1. The molecule has 0 unspecified atom stereocenters. The van der Waals surface area contributed by atoms with E-state index in [1.165, 1.54) is 0 Å². The molecule has 4 nitrogen and oxygen atoms in total. The van der Waals surface area contributed by atoms with Gasteiger partial charge in [0.2, 0.25) is 0 Å². The van der Waals surface area contributed by atoms with Crippen molar-refractivity contribution in [3.8, 4) is 0 Å². The molecule has 2 aliphatic heterocycles. The second-order valence-corrected chi connectivity index (χ2v) is 4.61. The highest BCUT2D eigenvalue weighted by atomic mass is 16.3. The van der Waals surface area contributed by atoms with Crippen LogP contribution in [0.3, 0.4) is 0 Å². The van der Waals surface area contributed by atoms with Crippen LogP contribution in [0.4, 0.5) is 0 Å². The van der Waals surface area contributed by atoms with Crippen LogP contribution >= 0.6 is 0 Å². The van der Waals surface area contributed by atoms with Crippen LogP contribution in [0.25, 0.3) is 0 Å². The van der Waals surface area contributed by atoms with Crippen LogP contribution in [0.2, 0.25) is 0 Å². The lowest BCUT2D eigenvalue weighted by molar-refractivity contribution is -0.124. The number of hydrogen-bond donors (Lipinski definition) is 1. The summed E-state index contributed by atoms with van der Waals surface area (Å²) in [5.74, 6) is 0.137. The monoisotopic (exact) mass is 230 g/mol. The number of nitrogens with zero attached hydrogens (tertiary/aromatic N) is 2. The minimum absolute atomic E-state index is 0.0240. The maximum absolute atomic E-state index is 12.3. The van der Waals surface area contributed by atoms with Crippen LogP contribution in [0, 0.1) is 0 Å². The Hall–Kier alpha value is -1.84. The summed E-state index contributed by atoms with van der Waals surface area (Å²) in [5, 5.41) is 9.99. The second kappa shape index (κ2) is 3.58. The molecule has 0 aromatic rings. The zero-order valence-electron chi connectivity index (χ0n) is 9.73. The van der Waals surface area contributed by atoms with Gasteiger partial charge in [-0.2, -0.15) is 0 Å². The summed E-state index contributed by atoms with van der Waals surface area (Å²) in [4.78, 5) is 18.4. The number of allylic oxidation sites excluding steroid dienone is 4. The fraction of sp³-hybridized carbons (Fsp3) is 0.385. The molecule has 0 aromatic heterocycles. The van der Waals surface area contributed by atoms with E-state index in [1.807, 2.05) is 13.0 Å². The summed E-state index contributed by atoms with van der Waals surface area (Å²) in [6, 6.07) is 0. The third kappa shape index (κ3) is 1.44. The average Bonchev–Trinajstić information content (AvgIpc) is 2.74. The SMILES string of the molecule is CC1=C(O)C2=NC=C3CCCN3C(=O)C2=CC1. The highest BCUT2D eigenvalue weighted by Gasteiger charge is 2.33. The van der Waals surface area contributed by atoms with Crippen molar-refractivity contribution in [1.29, 1.82) is 0 Å². The summed E-state index contributed by atoms with van der Waals surface area (Å²) in [6.45, 7) is 2.61. The average molecular weight is 230 g/mol. The van der Waals surface area contributed by atoms with E-state index in [9.17, 15) is 9.90 Å². The van der Waals surface area contributed by atoms with Crippen molar-refractivity contribution >= 4 is 11.6 Å². The Morgan fingerprint density at radius 1 is 1.47 bits per heavy atom. The van der Waals surface area contributed by atoms with Crippen molar-refractivity contribution in [2.24, 2.45) is 4.99 Å². The minimum Gasteiger partial charge on any atom is -0.506 e. The lowest BCUT2D eigenvalue weighted by Gasteiger charge is -2.20. The van der Waals surface area contributed by atoms with Gasteiger partial charge in [0.25, 0.3) is 5.91 Å². The summed E-state index contributed by atoms with van der Waals surface area (Å²) in [6.07, 6.45) is 6.09. The predicted octanol–water partition coefficient (Wildman–Crippen LogP) is 2.07. The number of rotatable bonds is 0. The van der Waals surface area contributed by atoms with Crippen LogP contribution < -0.4 is 0 Å². The molecule has 1 N–H and O–H groups in total. The lowest BCUT2D eigenvalue weighted by atomic mass is 9.95. The molecule has 4 heteroatoms. The number of aliphatic hydroxyl groups is 1. The van der Waals surface area contributed by atoms with Gasteiger partial charge in [-0.15, -0.1) is 0 Å². The molecule has 88 valence electrons. The van der Waals surface area contributed by atoms with E-state index in [2.05, 4.69) is 4.99 Å². The van der Waals surface area contributed by atoms with Crippen molar-refractivity contribution in [2.75, 3.05) is 6.54 Å². The smallest absolute Gasteiger partial charge is 0.260 e. The molecule has 1 amide bonds. The number of hydrogen-bond acceptors (Lipinski definition) is 3. The van der Waals surface area contributed by atoms with Gasteiger partial charge in [-0.25, -0.2) is 0 Å². The Bertz CT molecular complexity index is 524. The maximum atomic E-state index is 12.3. The van der Waals surface area contributed by atoms with E-state index in [0.717, 1.165) is 30.7 Å². The molecule has 2 heterocycles. The molecule has 0 spiro atoms. The topological polar surface area (TPSA) is 52.9 Å². The zero-order valence-corrected chi connectivity index (χ0v) is 9.73. The third-order valence-corrected chi connectivity index (χ3v) is 3.48. The highest BCUT2D eigenvalue weighted by molar-refractivity contribution is 6.28. The van der Waals surface area contributed by atoms with Crippen LogP contribution in [0.1, 0.15) is 26.2 Å². The van der Waals surface area contributed by atoms with Gasteiger partial charge in [0, 0.05) is 18.4 Å². The Kier molecular flexibility index (Phi) is 2.18. The molecule has 1 aliphatic carbocycles. The Morgan fingerprint density at radius 2 is 2.29 bits per heavy atom. The van der Waals surface area contributed by atoms with Gasteiger partial charge in [0.15, 0.2) is 0 Å². The quantitative estimate of drug-likeness (QED) is 0.692. The molecule has 3 aliphatic rings. The van der Waals surface area contributed by atoms with Crippen molar-refractivity contribution in [3.05, 3.63) is 34.9 Å². The molecule has 1 saturated heterocycles. The molecule has 3 rings (SSSR count). The van der Waals surface area contributed by atoms with Gasteiger partial charge in [0.05, 0.1) is 5.57 Å². The normalized spacial score (nSPS) is 23.7. The Labute approximate surface area is 99.6 Å². The van der Waals surface area contributed by atoms with Crippen molar-refractivity contribution in [3.63, 3.8) is 0 Å². The summed E-state index contributed by atoms with van der Waals surface area (Å²) in [7, 11) is 0. The summed E-state index contributed by atoms with van der Waals surface area (Å²) < 4.78 is 0. The van der Waals surface area contributed by atoms with Crippen molar-refractivity contribution in [2.45, 2.75) is 26.2 Å². The standard InChI is InChI=1S/C13H14N2O2/c1-8-4-5-10-11(12(8)16)14-7-9-3-2-6-15(9)13(10)17/h5,7,16H,2-4,6H2,1H3. The zero-order chi connectivity index (χ0) is 12.0. The fourth-order valence-electron chi connectivity index (χ4n) is 2.45. The summed E-state index contributed by atoms with van der Waals surface area (Å²) >= 11 is 0. The van der Waals surface area contributed by atoms with E-state index in [4.69, 9.17) is 0 Å². The summed E-state index contributed by atoms with van der Waals surface area (Å²) in [5.41, 5.74) is 2.80. The van der Waals surface area contributed by atoms with Crippen LogP contribution in [0.15, 0.2) is 39.9 Å². The third-order valence-electron chi connectivity index (χ3n) is 3.48. The molecule has 17 heavy (non-hydrogen) atoms. The van der Waals surface area contributed by atoms with E-state index in [-0.39, 0.29) is 11.7 Å². The number of amides is 1. The van der Waals surface area contributed by atoms with Gasteiger partial charge < -0.3 is 10.0 Å². The number of carbonyl (C=O) groups is 1. The van der Waals surface area contributed by atoms with Gasteiger partial charge >= 0.3 is 0 Å². The van der Waals surface area contributed by atoms with Crippen molar-refractivity contribution in [1.82, 2.24) is 4.90 Å². The number of carbonyl (C=O) groups excluding carboxylic acids is 1. The van der Waals surface area contributed by atoms with Crippen LogP contribution in [-0.4, -0.2) is 28.2 Å². The van der Waals surface area contributed by atoms with Gasteiger partial charge in [-0.1, -0.05) is 6.08 Å². The van der Waals surface area contributed by atoms with Gasteiger partial charge in [-0.3, -0.25) is 9.79 Å². The van der Waals surface area contributed by atoms with Gasteiger partial charge in [0.1, 0.15) is 11.5 Å². The maximum Gasteiger partial charge on any atom is 0.260 e. The van der Waals surface area contributed by atoms with E-state index in [0.29, 0.717) is 17.7 Å². The van der Waals surface area contributed by atoms with Crippen molar-refractivity contribution < 1.29 is 9.90 Å². The first-order valence-electron chi connectivity index (χ1n) is 5.87. The fourth-order valence-corrected chi connectivity index (χ4v) is 2.45. The lowest BCUT2D eigenvalue weighted by Crippen LogP contribution is -2.31. The van der Waals surface area contributed by atoms with E-state index in [1.54, 1.807) is 11.1 Å². The van der Waals surface area contributed by atoms with E-state index >= 15 is 0 Å². The Morgan fingerprint density at radius 3 is 3.12 bits per heavy atom. The molecule has 0 bridgehead atoms. The number of aliphatic imine (C=N–C) groups is 1. The predicted molar refractivity (Wildman–Crippen MR) is 64.5 cm³/mol.